The smallest absolute Gasteiger partial charge is 0.261 e. The summed E-state index contributed by atoms with van der Waals surface area (Å²) in [7, 11) is 0. The maximum absolute atomic E-state index is 14.7. The number of pyridine rings is 1. The number of carbonyl (C=O) groups is 3. The molecule has 0 aliphatic carbocycles. The Hall–Kier alpha value is -3.98. The van der Waals surface area contributed by atoms with Gasteiger partial charge in [0, 0.05) is 31.2 Å². The molecule has 4 rings (SSSR count). The van der Waals surface area contributed by atoms with Gasteiger partial charge in [0.1, 0.15) is 35.2 Å². The van der Waals surface area contributed by atoms with E-state index in [1.807, 2.05) is 6.92 Å². The number of amides is 1. The van der Waals surface area contributed by atoms with E-state index in [1.165, 1.54) is 30.5 Å². The number of ether oxygens (including phenoxy) is 1. The molecule has 0 radical (unpaired) electrons. The summed E-state index contributed by atoms with van der Waals surface area (Å²) in [6, 6.07) is 11.9. The number of carbonyl (C=O) groups excluding carboxylic acids is 3. The number of benzene rings is 2. The highest BCUT2D eigenvalue weighted by molar-refractivity contribution is 7.21. The molecule has 2 heterocycles. The first-order valence-corrected chi connectivity index (χ1v) is 11.5. The van der Waals surface area contributed by atoms with Gasteiger partial charge in [-0.2, -0.15) is 0 Å². The molecule has 0 spiro atoms. The van der Waals surface area contributed by atoms with Crippen LogP contribution in [0.1, 0.15) is 26.4 Å². The third-order valence-corrected chi connectivity index (χ3v) is 6.31. The Kier molecular flexibility index (Phi) is 7.26. The fourth-order valence-corrected chi connectivity index (χ4v) is 4.50. The van der Waals surface area contributed by atoms with Gasteiger partial charge >= 0.3 is 0 Å². The predicted molar refractivity (Wildman–Crippen MR) is 128 cm³/mol. The van der Waals surface area contributed by atoms with Crippen LogP contribution in [0.4, 0.5) is 8.78 Å². The maximum atomic E-state index is 14.7. The topological polar surface area (TPSA) is 85.4 Å². The van der Waals surface area contributed by atoms with E-state index in [2.05, 4.69) is 10.3 Å². The van der Waals surface area contributed by atoms with E-state index in [0.29, 0.717) is 27.1 Å². The molecule has 1 amide bonds. The van der Waals surface area contributed by atoms with Crippen molar-refractivity contribution in [3.05, 3.63) is 87.9 Å². The second-order valence-corrected chi connectivity index (χ2v) is 8.91. The average Bonchev–Trinajstić information content (AvgIpc) is 3.27. The number of aromatic nitrogens is 1. The number of Topliss-reactive ketones (excluding diaryl/α,β-unsaturated/α-hetero) is 1. The molecule has 2 aromatic heterocycles. The molecule has 9 heteroatoms. The summed E-state index contributed by atoms with van der Waals surface area (Å²) in [4.78, 5) is 39.6. The van der Waals surface area contributed by atoms with Crippen LogP contribution >= 0.6 is 11.3 Å². The lowest BCUT2D eigenvalue weighted by Crippen LogP contribution is -2.24. The number of ketones is 1. The second-order valence-electron chi connectivity index (χ2n) is 7.85. The van der Waals surface area contributed by atoms with Crippen molar-refractivity contribution in [1.82, 2.24) is 10.3 Å². The van der Waals surface area contributed by atoms with Gasteiger partial charge in [-0.1, -0.05) is 23.8 Å². The molecule has 35 heavy (non-hydrogen) atoms. The molecule has 1 N–H and O–H groups in total. The summed E-state index contributed by atoms with van der Waals surface area (Å²) in [5, 5.41) is 2.47. The van der Waals surface area contributed by atoms with Crippen LogP contribution in [0, 0.1) is 18.6 Å². The number of hydrogen-bond acceptors (Lipinski definition) is 6. The largest absolute Gasteiger partial charge is 0.456 e. The van der Waals surface area contributed by atoms with Crippen molar-refractivity contribution in [3.63, 3.8) is 0 Å². The van der Waals surface area contributed by atoms with Crippen LogP contribution < -0.4 is 10.1 Å². The Bertz CT molecular complexity index is 1430. The fourth-order valence-electron chi connectivity index (χ4n) is 3.52. The molecular weight excluding hydrogens is 474 g/mol. The van der Waals surface area contributed by atoms with E-state index in [9.17, 15) is 23.2 Å². The zero-order chi connectivity index (χ0) is 24.9. The van der Waals surface area contributed by atoms with E-state index < -0.39 is 17.5 Å². The molecule has 0 saturated heterocycles. The third kappa shape index (κ3) is 5.75. The number of nitrogens with zero attached hydrogens (tertiary/aromatic N) is 1. The first-order chi connectivity index (χ1) is 16.8. The molecule has 0 saturated carbocycles. The molecule has 2 aromatic carbocycles. The van der Waals surface area contributed by atoms with Gasteiger partial charge in [0.25, 0.3) is 5.91 Å². The predicted octanol–water partition coefficient (Wildman–Crippen LogP) is 4.96. The Morgan fingerprint density at radius 2 is 1.83 bits per heavy atom. The molecule has 0 atom stereocenters. The number of nitrogens with one attached hydrogen (secondary N) is 1. The molecule has 178 valence electrons. The number of aldehydes is 1. The minimum Gasteiger partial charge on any atom is -0.456 e. The first kappa shape index (κ1) is 24.2. The monoisotopic (exact) mass is 494 g/mol. The van der Waals surface area contributed by atoms with Gasteiger partial charge in [0.15, 0.2) is 0 Å². The van der Waals surface area contributed by atoms with Crippen LogP contribution in [-0.2, 0) is 22.4 Å². The van der Waals surface area contributed by atoms with Crippen LogP contribution in [0.15, 0.2) is 54.7 Å². The molecule has 0 aliphatic rings. The van der Waals surface area contributed by atoms with Crippen LogP contribution in [0.3, 0.4) is 0 Å². The fraction of sp³-hybridized carbons (Fsp3) is 0.154. The van der Waals surface area contributed by atoms with E-state index in [-0.39, 0.29) is 42.0 Å². The first-order valence-electron chi connectivity index (χ1n) is 10.7. The van der Waals surface area contributed by atoms with Crippen molar-refractivity contribution in [2.24, 2.45) is 0 Å². The Morgan fingerprint density at radius 1 is 1.03 bits per heavy atom. The van der Waals surface area contributed by atoms with Gasteiger partial charge in [0.05, 0.1) is 21.6 Å². The number of hydrogen-bond donors (Lipinski definition) is 1. The number of rotatable bonds is 9. The van der Waals surface area contributed by atoms with Crippen molar-refractivity contribution < 1.29 is 27.9 Å². The van der Waals surface area contributed by atoms with Gasteiger partial charge in [-0.15, -0.1) is 11.3 Å². The third-order valence-electron chi connectivity index (χ3n) is 5.17. The molecular formula is C26H20F2N2O4S. The zero-order valence-electron chi connectivity index (χ0n) is 18.6. The molecule has 6 nitrogen and oxygen atoms in total. The normalized spacial score (nSPS) is 10.8. The van der Waals surface area contributed by atoms with Crippen molar-refractivity contribution in [2.45, 2.75) is 19.8 Å². The summed E-state index contributed by atoms with van der Waals surface area (Å²) >= 11 is 1.14. The lowest BCUT2D eigenvalue weighted by Gasteiger charge is -2.09. The van der Waals surface area contributed by atoms with Gasteiger partial charge < -0.3 is 14.8 Å². The SMILES string of the molecule is Cc1ccc(F)c(CC(=O)Cc2ccc(Oc3ccnc4cc(C(=O)NCC=O)sc34)cc2F)c1. The zero-order valence-corrected chi connectivity index (χ0v) is 19.5. The number of aryl methyl sites for hydroxylation is 1. The minimum absolute atomic E-state index is 0.0993. The lowest BCUT2D eigenvalue weighted by atomic mass is 10.0. The summed E-state index contributed by atoms with van der Waals surface area (Å²) < 4.78 is 35.1. The molecule has 0 aliphatic heterocycles. The standard InChI is InChI=1S/C26H20F2N2O4S/c1-15-2-5-20(27)17(10-15)12-18(32)11-16-3-4-19(13-21(16)28)34-23-6-7-29-22-14-24(35-25(22)23)26(33)30-8-9-31/h2-7,9-10,13-14H,8,11-12H2,1H3,(H,30,33). The summed E-state index contributed by atoms with van der Waals surface area (Å²) in [6.45, 7) is 1.71. The van der Waals surface area contributed by atoms with Crippen molar-refractivity contribution in [1.29, 1.82) is 0 Å². The van der Waals surface area contributed by atoms with Gasteiger partial charge in [-0.05, 0) is 36.2 Å². The summed E-state index contributed by atoms with van der Waals surface area (Å²) in [5.41, 5.74) is 1.83. The van der Waals surface area contributed by atoms with Gasteiger partial charge in [-0.3, -0.25) is 14.6 Å². The number of halogens is 2. The summed E-state index contributed by atoms with van der Waals surface area (Å²) in [5.74, 6) is -1.21. The van der Waals surface area contributed by atoms with Crippen molar-refractivity contribution in [3.8, 4) is 11.5 Å². The van der Waals surface area contributed by atoms with E-state index >= 15 is 0 Å². The molecule has 0 unspecified atom stereocenters. The highest BCUT2D eigenvalue weighted by Crippen LogP contribution is 2.35. The lowest BCUT2D eigenvalue weighted by molar-refractivity contribution is -0.117. The maximum Gasteiger partial charge on any atom is 0.261 e. The Balaban J connectivity index is 1.48. The molecule has 0 bridgehead atoms. The number of thiophene rings is 1. The quantitative estimate of drug-likeness (QED) is 0.333. The average molecular weight is 495 g/mol. The van der Waals surface area contributed by atoms with Crippen LogP contribution in [-0.4, -0.2) is 29.5 Å². The molecule has 0 fully saturated rings. The van der Waals surface area contributed by atoms with Crippen LogP contribution in [0.25, 0.3) is 10.2 Å². The van der Waals surface area contributed by atoms with E-state index in [1.54, 1.807) is 24.3 Å². The van der Waals surface area contributed by atoms with Crippen molar-refractivity contribution in [2.75, 3.05) is 6.54 Å². The van der Waals surface area contributed by atoms with Crippen LogP contribution in [0.2, 0.25) is 0 Å². The second kappa shape index (κ2) is 10.5. The molecule has 4 aromatic rings. The van der Waals surface area contributed by atoms with Gasteiger partial charge in [0.2, 0.25) is 0 Å². The van der Waals surface area contributed by atoms with Crippen LogP contribution in [0.5, 0.6) is 11.5 Å². The highest BCUT2D eigenvalue weighted by Gasteiger charge is 2.16. The van der Waals surface area contributed by atoms with E-state index in [4.69, 9.17) is 4.74 Å². The Morgan fingerprint density at radius 3 is 2.60 bits per heavy atom. The van der Waals surface area contributed by atoms with Crippen molar-refractivity contribution >= 4 is 39.5 Å². The highest BCUT2D eigenvalue weighted by atomic mass is 32.1. The summed E-state index contributed by atoms with van der Waals surface area (Å²) in [6.07, 6.45) is 1.79. The minimum atomic E-state index is -0.619. The van der Waals surface area contributed by atoms with Gasteiger partial charge in [-0.25, -0.2) is 8.78 Å². The van der Waals surface area contributed by atoms with E-state index in [0.717, 1.165) is 16.9 Å². The number of fused-ring (bicyclic) bond motifs is 1. The Labute approximate surface area is 203 Å².